The molecule has 1 amide bonds. The van der Waals surface area contributed by atoms with E-state index in [4.69, 9.17) is 0 Å². The van der Waals surface area contributed by atoms with Crippen molar-refractivity contribution in [2.24, 2.45) is 11.8 Å². The number of hydrogen-bond donors (Lipinski definition) is 1. The molecule has 3 rings (SSSR count). The van der Waals surface area contributed by atoms with Crippen molar-refractivity contribution < 1.29 is 13.2 Å². The van der Waals surface area contributed by atoms with Gasteiger partial charge in [0, 0.05) is 31.2 Å². The molecule has 1 saturated heterocycles. The highest BCUT2D eigenvalue weighted by Gasteiger charge is 2.34. The van der Waals surface area contributed by atoms with Crippen molar-refractivity contribution in [1.82, 2.24) is 14.6 Å². The number of pyridine rings is 1. The van der Waals surface area contributed by atoms with E-state index in [0.29, 0.717) is 37.4 Å². The Morgan fingerprint density at radius 1 is 1.30 bits per heavy atom. The van der Waals surface area contributed by atoms with Gasteiger partial charge in [0.05, 0.1) is 11.4 Å². The number of aromatic nitrogens is 1. The third-order valence-corrected chi connectivity index (χ3v) is 6.89. The highest BCUT2D eigenvalue weighted by Crippen LogP contribution is 2.27. The summed E-state index contributed by atoms with van der Waals surface area (Å²) in [4.78, 5) is 16.9. The maximum atomic E-state index is 13.2. The van der Waals surface area contributed by atoms with Crippen LogP contribution >= 0.6 is 0 Å². The van der Waals surface area contributed by atoms with E-state index in [1.54, 1.807) is 24.4 Å². The summed E-state index contributed by atoms with van der Waals surface area (Å²) in [7, 11) is -3.70. The summed E-state index contributed by atoms with van der Waals surface area (Å²) in [6.45, 7) is 5.51. The fourth-order valence-electron chi connectivity index (χ4n) is 3.43. The van der Waals surface area contributed by atoms with Crippen molar-refractivity contribution in [3.8, 4) is 0 Å². The number of fused-ring (bicyclic) bond motifs is 1. The molecule has 6 nitrogen and oxygen atoms in total. The summed E-state index contributed by atoms with van der Waals surface area (Å²) >= 11 is 0. The molecule has 1 aliphatic heterocycles. The smallest absolute Gasteiger partial charge is 0.245 e. The zero-order chi connectivity index (χ0) is 19.4. The molecule has 0 bridgehead atoms. The fourth-order valence-corrected chi connectivity index (χ4v) is 5.12. The predicted molar refractivity (Wildman–Crippen MR) is 106 cm³/mol. The summed E-state index contributed by atoms with van der Waals surface area (Å²) in [5, 5.41) is 3.74. The normalized spacial score (nSPS) is 18.7. The van der Waals surface area contributed by atoms with E-state index in [1.165, 1.54) is 4.31 Å². The molecule has 1 fully saturated rings. The lowest BCUT2D eigenvalue weighted by Crippen LogP contribution is -2.45. The molecule has 1 aliphatic rings. The number of amides is 1. The standard InChI is InChI=1S/C20H27N3O3S/c1-15(2)10-12-22-20(24)17-8-5-13-23(14-17)27(25,26)18-9-3-6-16-7-4-11-21-19(16)18/h3-4,6-7,9,11,15,17H,5,8,10,12-14H2,1-2H3,(H,22,24). The molecule has 1 atom stereocenters. The number of hydrogen-bond acceptors (Lipinski definition) is 4. The van der Waals surface area contributed by atoms with Gasteiger partial charge >= 0.3 is 0 Å². The van der Waals surface area contributed by atoms with Gasteiger partial charge in [-0.05, 0) is 37.3 Å². The van der Waals surface area contributed by atoms with Gasteiger partial charge in [-0.15, -0.1) is 0 Å². The van der Waals surface area contributed by atoms with Crippen LogP contribution in [0.3, 0.4) is 0 Å². The lowest BCUT2D eigenvalue weighted by molar-refractivity contribution is -0.126. The van der Waals surface area contributed by atoms with Crippen LogP contribution in [-0.2, 0) is 14.8 Å². The van der Waals surface area contributed by atoms with Crippen molar-refractivity contribution in [1.29, 1.82) is 0 Å². The SMILES string of the molecule is CC(C)CCNC(=O)C1CCCN(S(=O)(=O)c2cccc3cccnc23)C1. The zero-order valence-electron chi connectivity index (χ0n) is 15.9. The summed E-state index contributed by atoms with van der Waals surface area (Å²) in [6, 6.07) is 8.82. The molecule has 2 aromatic rings. The Morgan fingerprint density at radius 2 is 2.07 bits per heavy atom. The third kappa shape index (κ3) is 4.47. The Bertz CT molecular complexity index is 906. The van der Waals surface area contributed by atoms with Crippen LogP contribution in [0.1, 0.15) is 33.1 Å². The van der Waals surface area contributed by atoms with Crippen molar-refractivity contribution in [2.75, 3.05) is 19.6 Å². The van der Waals surface area contributed by atoms with Crippen LogP contribution in [0.15, 0.2) is 41.4 Å². The molecule has 0 radical (unpaired) electrons. The van der Waals surface area contributed by atoms with Gasteiger partial charge < -0.3 is 5.32 Å². The van der Waals surface area contributed by atoms with Gasteiger partial charge in [-0.3, -0.25) is 9.78 Å². The average Bonchev–Trinajstić information content (AvgIpc) is 2.67. The number of carbonyl (C=O) groups is 1. The van der Waals surface area contributed by atoms with Gasteiger partial charge in [0.25, 0.3) is 0 Å². The summed E-state index contributed by atoms with van der Waals surface area (Å²) < 4.78 is 27.9. The van der Waals surface area contributed by atoms with E-state index < -0.39 is 10.0 Å². The first-order valence-corrected chi connectivity index (χ1v) is 10.9. The lowest BCUT2D eigenvalue weighted by Gasteiger charge is -2.31. The Balaban J connectivity index is 1.77. The molecule has 1 aromatic carbocycles. The van der Waals surface area contributed by atoms with E-state index in [-0.39, 0.29) is 23.3 Å². The molecule has 1 aromatic heterocycles. The highest BCUT2D eigenvalue weighted by molar-refractivity contribution is 7.89. The van der Waals surface area contributed by atoms with Crippen LogP contribution in [0.25, 0.3) is 10.9 Å². The second-order valence-corrected chi connectivity index (χ2v) is 9.41. The molecule has 1 N–H and O–H groups in total. The van der Waals surface area contributed by atoms with Crippen LogP contribution in [0.4, 0.5) is 0 Å². The van der Waals surface area contributed by atoms with Gasteiger partial charge in [-0.25, -0.2) is 8.42 Å². The molecule has 1 unspecified atom stereocenters. The minimum absolute atomic E-state index is 0.0494. The van der Waals surface area contributed by atoms with Crippen LogP contribution in [0, 0.1) is 11.8 Å². The van der Waals surface area contributed by atoms with E-state index in [2.05, 4.69) is 24.1 Å². The Labute approximate surface area is 161 Å². The molecule has 7 heteroatoms. The fraction of sp³-hybridized carbons (Fsp3) is 0.500. The largest absolute Gasteiger partial charge is 0.356 e. The molecular formula is C20H27N3O3S. The first-order chi connectivity index (χ1) is 12.9. The van der Waals surface area contributed by atoms with Crippen LogP contribution in [-0.4, -0.2) is 43.2 Å². The van der Waals surface area contributed by atoms with Crippen molar-refractivity contribution in [3.63, 3.8) is 0 Å². The number of para-hydroxylation sites is 1. The molecule has 0 spiro atoms. The summed E-state index contributed by atoms with van der Waals surface area (Å²) in [6.07, 6.45) is 3.91. The summed E-state index contributed by atoms with van der Waals surface area (Å²) in [5.74, 6) is 0.169. The minimum Gasteiger partial charge on any atom is -0.356 e. The van der Waals surface area contributed by atoms with Crippen LogP contribution in [0.5, 0.6) is 0 Å². The predicted octanol–water partition coefficient (Wildman–Crippen LogP) is 2.80. The van der Waals surface area contributed by atoms with Gasteiger partial charge in [-0.1, -0.05) is 32.0 Å². The van der Waals surface area contributed by atoms with Gasteiger partial charge in [0.2, 0.25) is 15.9 Å². The number of carbonyl (C=O) groups excluding carboxylic acids is 1. The van der Waals surface area contributed by atoms with E-state index in [1.807, 2.05) is 12.1 Å². The van der Waals surface area contributed by atoms with Gasteiger partial charge in [-0.2, -0.15) is 4.31 Å². The second-order valence-electron chi connectivity index (χ2n) is 7.51. The maximum Gasteiger partial charge on any atom is 0.245 e. The van der Waals surface area contributed by atoms with Gasteiger partial charge in [0.15, 0.2) is 0 Å². The van der Waals surface area contributed by atoms with E-state index in [9.17, 15) is 13.2 Å². The van der Waals surface area contributed by atoms with Gasteiger partial charge in [0.1, 0.15) is 4.90 Å². The average molecular weight is 390 g/mol. The van der Waals surface area contributed by atoms with Crippen LogP contribution in [0.2, 0.25) is 0 Å². The molecule has 2 heterocycles. The second kappa shape index (κ2) is 8.35. The zero-order valence-corrected chi connectivity index (χ0v) is 16.7. The number of rotatable bonds is 6. The summed E-state index contributed by atoms with van der Waals surface area (Å²) in [5.41, 5.74) is 0.475. The number of piperidine rings is 1. The van der Waals surface area contributed by atoms with Crippen molar-refractivity contribution >= 4 is 26.8 Å². The molecular weight excluding hydrogens is 362 g/mol. The number of nitrogens with one attached hydrogen (secondary N) is 1. The Morgan fingerprint density at radius 3 is 2.85 bits per heavy atom. The Kier molecular flexibility index (Phi) is 6.11. The Hall–Kier alpha value is -1.99. The molecule has 146 valence electrons. The number of benzene rings is 1. The third-order valence-electron chi connectivity index (χ3n) is 4.99. The first-order valence-electron chi connectivity index (χ1n) is 9.51. The van der Waals surface area contributed by atoms with Crippen LogP contribution < -0.4 is 5.32 Å². The van der Waals surface area contributed by atoms with Crippen molar-refractivity contribution in [2.45, 2.75) is 38.0 Å². The maximum absolute atomic E-state index is 13.2. The monoisotopic (exact) mass is 389 g/mol. The lowest BCUT2D eigenvalue weighted by atomic mass is 9.98. The molecule has 27 heavy (non-hydrogen) atoms. The quantitative estimate of drug-likeness (QED) is 0.824. The molecule has 0 saturated carbocycles. The van der Waals surface area contributed by atoms with Crippen molar-refractivity contribution in [3.05, 3.63) is 36.5 Å². The number of sulfonamides is 1. The van der Waals surface area contributed by atoms with E-state index >= 15 is 0 Å². The highest BCUT2D eigenvalue weighted by atomic mass is 32.2. The minimum atomic E-state index is -3.70. The first kappa shape index (κ1) is 19.8. The van der Waals surface area contributed by atoms with E-state index in [0.717, 1.165) is 11.8 Å². The molecule has 0 aliphatic carbocycles. The topological polar surface area (TPSA) is 79.4 Å². The number of nitrogens with zero attached hydrogens (tertiary/aromatic N) is 2.